The van der Waals surface area contributed by atoms with Crippen molar-refractivity contribution in [1.82, 2.24) is 10.2 Å². The zero-order valence-electron chi connectivity index (χ0n) is 19.5. The van der Waals surface area contributed by atoms with Crippen molar-refractivity contribution in [2.24, 2.45) is 17.8 Å². The van der Waals surface area contributed by atoms with E-state index in [0.29, 0.717) is 25.8 Å². The summed E-state index contributed by atoms with van der Waals surface area (Å²) in [5.74, 6) is -2.35. The van der Waals surface area contributed by atoms with Crippen LogP contribution < -0.4 is 5.32 Å². The average Bonchev–Trinajstić information content (AvgIpc) is 3.44. The third-order valence-corrected chi connectivity index (χ3v) is 7.20. The molecule has 6 atom stereocenters. The molecule has 3 aliphatic rings. The second-order valence-electron chi connectivity index (χ2n) is 9.72. The van der Waals surface area contributed by atoms with Gasteiger partial charge in [-0.3, -0.25) is 14.4 Å². The molecule has 2 unspecified atom stereocenters. The summed E-state index contributed by atoms with van der Waals surface area (Å²) in [5, 5.41) is 13.2. The van der Waals surface area contributed by atoms with Gasteiger partial charge in [0.05, 0.1) is 37.2 Å². The van der Waals surface area contributed by atoms with E-state index in [0.717, 1.165) is 5.56 Å². The van der Waals surface area contributed by atoms with Gasteiger partial charge in [0, 0.05) is 6.54 Å². The summed E-state index contributed by atoms with van der Waals surface area (Å²) >= 11 is 0. The lowest BCUT2D eigenvalue weighted by Crippen LogP contribution is -2.58. The van der Waals surface area contributed by atoms with E-state index in [1.165, 1.54) is 4.90 Å². The van der Waals surface area contributed by atoms with Crippen LogP contribution in [0.25, 0.3) is 0 Å². The van der Waals surface area contributed by atoms with Gasteiger partial charge in [0.1, 0.15) is 11.6 Å². The topological polar surface area (TPSA) is 105 Å². The first-order chi connectivity index (χ1) is 15.8. The van der Waals surface area contributed by atoms with E-state index >= 15 is 0 Å². The maximum atomic E-state index is 13.8. The Morgan fingerprint density at radius 2 is 2.03 bits per heavy atom. The molecule has 180 valence electrons. The number of hydrogen-bond donors (Lipinski definition) is 2. The molecular formula is C25H34N2O6. The first-order valence-electron chi connectivity index (χ1n) is 11.9. The SMILES string of the molecule is CCOC(=O)[C@@H]1[C@@H]2CCC3(O2)C(C(=O)NCc2ccccc2)N([C@@H](CO)CC(C)C)C(=O)[C@H]13. The van der Waals surface area contributed by atoms with E-state index in [1.807, 2.05) is 44.2 Å². The van der Waals surface area contributed by atoms with Crippen LogP contribution in [-0.2, 0) is 30.4 Å². The molecule has 2 amide bonds. The van der Waals surface area contributed by atoms with Crippen LogP contribution in [0.3, 0.4) is 0 Å². The van der Waals surface area contributed by atoms with Crippen molar-refractivity contribution in [3.63, 3.8) is 0 Å². The Labute approximate surface area is 194 Å². The Morgan fingerprint density at radius 3 is 2.67 bits per heavy atom. The maximum Gasteiger partial charge on any atom is 0.312 e. The zero-order valence-corrected chi connectivity index (χ0v) is 19.5. The Morgan fingerprint density at radius 1 is 1.30 bits per heavy atom. The molecule has 1 aromatic rings. The van der Waals surface area contributed by atoms with Crippen molar-refractivity contribution < 1.29 is 29.0 Å². The first-order valence-corrected chi connectivity index (χ1v) is 11.9. The number of nitrogens with one attached hydrogen (secondary N) is 1. The van der Waals surface area contributed by atoms with Crippen molar-refractivity contribution in [3.05, 3.63) is 35.9 Å². The van der Waals surface area contributed by atoms with Crippen LogP contribution in [0, 0.1) is 17.8 Å². The standard InChI is InChI=1S/C25H34N2O6/c1-4-32-24(31)19-18-10-11-25(33-18)20(19)23(30)27(17(14-28)12-15(2)3)21(25)22(29)26-13-16-8-6-5-7-9-16/h5-9,15,17-21,28H,4,10-14H2,1-3H3,(H,26,29)/t17-,18+,19-,20+,21?,25?/m1/s1. The van der Waals surface area contributed by atoms with E-state index in [1.54, 1.807) is 6.92 Å². The highest BCUT2D eigenvalue weighted by atomic mass is 16.6. The van der Waals surface area contributed by atoms with Crippen LogP contribution in [0.4, 0.5) is 0 Å². The molecule has 3 heterocycles. The Hall–Kier alpha value is -2.45. The van der Waals surface area contributed by atoms with Gasteiger partial charge in [0.2, 0.25) is 11.8 Å². The molecule has 8 heteroatoms. The molecule has 1 aromatic carbocycles. The number of fused-ring (bicyclic) bond motifs is 1. The van der Waals surface area contributed by atoms with Crippen LogP contribution in [0.2, 0.25) is 0 Å². The summed E-state index contributed by atoms with van der Waals surface area (Å²) in [7, 11) is 0. The molecular weight excluding hydrogens is 424 g/mol. The Bertz CT molecular complexity index is 890. The van der Waals surface area contributed by atoms with Gasteiger partial charge in [-0.05, 0) is 37.7 Å². The highest BCUT2D eigenvalue weighted by Gasteiger charge is 2.75. The molecule has 0 aliphatic carbocycles. The van der Waals surface area contributed by atoms with Crippen LogP contribution in [-0.4, -0.2) is 64.8 Å². The lowest BCUT2D eigenvalue weighted by Gasteiger charge is -2.37. The molecule has 0 saturated carbocycles. The number of nitrogens with zero attached hydrogens (tertiary/aromatic N) is 1. The number of likely N-dealkylation sites (tertiary alicyclic amines) is 1. The molecule has 8 nitrogen and oxygen atoms in total. The van der Waals surface area contributed by atoms with Crippen molar-refractivity contribution in [2.45, 2.75) is 70.4 Å². The van der Waals surface area contributed by atoms with E-state index in [9.17, 15) is 19.5 Å². The summed E-state index contributed by atoms with van der Waals surface area (Å²) < 4.78 is 11.6. The minimum Gasteiger partial charge on any atom is -0.466 e. The van der Waals surface area contributed by atoms with Crippen molar-refractivity contribution in [1.29, 1.82) is 0 Å². The smallest absolute Gasteiger partial charge is 0.312 e. The normalized spacial score (nSPS) is 31.1. The van der Waals surface area contributed by atoms with Crippen LogP contribution in [0.1, 0.15) is 45.6 Å². The lowest BCUT2D eigenvalue weighted by molar-refractivity contribution is -0.155. The summed E-state index contributed by atoms with van der Waals surface area (Å²) in [6.07, 6.45) is 1.23. The van der Waals surface area contributed by atoms with Gasteiger partial charge in [0.15, 0.2) is 0 Å². The lowest BCUT2D eigenvalue weighted by atomic mass is 9.71. The van der Waals surface area contributed by atoms with Gasteiger partial charge in [-0.15, -0.1) is 0 Å². The fraction of sp³-hybridized carbons (Fsp3) is 0.640. The minimum absolute atomic E-state index is 0.207. The van der Waals surface area contributed by atoms with Crippen molar-refractivity contribution in [3.8, 4) is 0 Å². The molecule has 33 heavy (non-hydrogen) atoms. The number of aliphatic hydroxyl groups excluding tert-OH is 1. The van der Waals surface area contributed by atoms with Gasteiger partial charge in [-0.1, -0.05) is 44.2 Å². The predicted molar refractivity (Wildman–Crippen MR) is 120 cm³/mol. The maximum absolute atomic E-state index is 13.8. The largest absolute Gasteiger partial charge is 0.466 e. The number of rotatable bonds is 9. The van der Waals surface area contributed by atoms with Gasteiger partial charge in [-0.2, -0.15) is 0 Å². The number of carbonyl (C=O) groups excluding carboxylic acids is 3. The number of hydrogen-bond acceptors (Lipinski definition) is 6. The third-order valence-electron chi connectivity index (χ3n) is 7.20. The van der Waals surface area contributed by atoms with Crippen LogP contribution in [0.15, 0.2) is 30.3 Å². The van der Waals surface area contributed by atoms with E-state index in [2.05, 4.69) is 5.32 Å². The minimum atomic E-state index is -1.08. The number of esters is 1. The molecule has 3 aliphatic heterocycles. The number of ether oxygens (including phenoxy) is 2. The summed E-state index contributed by atoms with van der Waals surface area (Å²) in [6.45, 7) is 6.02. The first kappa shape index (κ1) is 23.7. The number of carbonyl (C=O) groups is 3. The monoisotopic (exact) mass is 458 g/mol. The molecule has 3 saturated heterocycles. The Balaban J connectivity index is 1.68. The van der Waals surface area contributed by atoms with Crippen molar-refractivity contribution in [2.75, 3.05) is 13.2 Å². The summed E-state index contributed by atoms with van der Waals surface area (Å²) in [4.78, 5) is 41.8. The molecule has 4 rings (SSSR count). The van der Waals surface area contributed by atoms with Crippen LogP contribution in [0.5, 0.6) is 0 Å². The number of aliphatic hydroxyl groups is 1. The molecule has 1 spiro atoms. The summed E-state index contributed by atoms with van der Waals surface area (Å²) in [5.41, 5.74) is -0.137. The zero-order chi connectivity index (χ0) is 23.8. The van der Waals surface area contributed by atoms with Gasteiger partial charge < -0.3 is 24.8 Å². The fourth-order valence-electron chi connectivity index (χ4n) is 5.99. The molecule has 0 radical (unpaired) electrons. The summed E-state index contributed by atoms with van der Waals surface area (Å²) in [6, 6.07) is 8.11. The van der Waals surface area contributed by atoms with Gasteiger partial charge >= 0.3 is 5.97 Å². The quantitative estimate of drug-likeness (QED) is 0.545. The highest BCUT2D eigenvalue weighted by molar-refractivity contribution is 5.98. The molecule has 0 aromatic heterocycles. The second kappa shape index (κ2) is 9.43. The fourth-order valence-corrected chi connectivity index (χ4v) is 5.99. The number of amides is 2. The average molecular weight is 459 g/mol. The third kappa shape index (κ3) is 4.04. The predicted octanol–water partition coefficient (Wildman–Crippen LogP) is 1.65. The van der Waals surface area contributed by atoms with Gasteiger partial charge in [0.25, 0.3) is 0 Å². The highest BCUT2D eigenvalue weighted by Crippen LogP contribution is 2.59. The second-order valence-corrected chi connectivity index (χ2v) is 9.72. The molecule has 2 N–H and O–H groups in total. The molecule has 3 fully saturated rings. The van der Waals surface area contributed by atoms with Crippen LogP contribution >= 0.6 is 0 Å². The van der Waals surface area contributed by atoms with E-state index in [-0.39, 0.29) is 30.9 Å². The molecule has 2 bridgehead atoms. The van der Waals surface area contributed by atoms with E-state index < -0.39 is 41.6 Å². The van der Waals surface area contributed by atoms with Crippen molar-refractivity contribution >= 4 is 17.8 Å². The Kier molecular flexibility index (Phi) is 6.77. The van der Waals surface area contributed by atoms with Gasteiger partial charge in [-0.25, -0.2) is 0 Å². The number of benzene rings is 1. The van der Waals surface area contributed by atoms with E-state index in [4.69, 9.17) is 9.47 Å².